The van der Waals surface area contributed by atoms with Crippen LogP contribution in [0.4, 0.5) is 4.39 Å². The van der Waals surface area contributed by atoms with Crippen molar-refractivity contribution in [2.24, 2.45) is 11.3 Å². The molecule has 2 fully saturated rings. The summed E-state index contributed by atoms with van der Waals surface area (Å²) in [5.74, 6) is -3.73. The minimum Gasteiger partial charge on any atom is -0.481 e. The lowest BCUT2D eigenvalue weighted by Gasteiger charge is -2.21. The number of hydrogen-bond donors (Lipinski definition) is 3. The van der Waals surface area contributed by atoms with Gasteiger partial charge in [-0.1, -0.05) is 0 Å². The number of hydrogen-bond acceptors (Lipinski definition) is 4. The molecule has 0 aliphatic carbocycles. The number of carboxylic acid groups (broad SMARTS) is 1. The van der Waals surface area contributed by atoms with E-state index in [1.54, 1.807) is 0 Å². The number of rotatable bonds is 2. The maximum Gasteiger partial charge on any atom is 0.314 e. The van der Waals surface area contributed by atoms with Crippen LogP contribution in [0.3, 0.4) is 0 Å². The maximum absolute atomic E-state index is 13.4. The molecule has 2 saturated heterocycles. The van der Waals surface area contributed by atoms with E-state index < -0.39 is 40.4 Å². The zero-order valence-corrected chi connectivity index (χ0v) is 13.4. The Labute approximate surface area is 145 Å². The molecule has 2 amide bonds. The molecule has 8 nitrogen and oxygen atoms in total. The van der Waals surface area contributed by atoms with Gasteiger partial charge in [-0.15, -0.1) is 0 Å². The summed E-state index contributed by atoms with van der Waals surface area (Å²) in [7, 11) is 0. The standard InChI is InChI=1S/C17H14FN3O5/c18-8-1-2-12-9(3-8)13(22)10(4-19-12)15(24)21-5-11-14(23)20-6-17(11,7-21)16(25)26/h1-4,11H,5-7H2,(H,19,22)(H,20,23)(H,25,26)/t11-,17+/m0/s1. The van der Waals surface area contributed by atoms with Gasteiger partial charge in [0, 0.05) is 36.7 Å². The number of aromatic amines is 1. The first-order valence-electron chi connectivity index (χ1n) is 7.95. The van der Waals surface area contributed by atoms with Crippen LogP contribution < -0.4 is 10.7 Å². The van der Waals surface area contributed by atoms with Gasteiger partial charge in [0.1, 0.15) is 16.8 Å². The van der Waals surface area contributed by atoms with E-state index in [0.717, 1.165) is 6.07 Å². The molecule has 26 heavy (non-hydrogen) atoms. The van der Waals surface area contributed by atoms with E-state index in [0.29, 0.717) is 5.52 Å². The Kier molecular flexibility index (Phi) is 3.36. The topological polar surface area (TPSA) is 120 Å². The van der Waals surface area contributed by atoms with Crippen LogP contribution in [0.25, 0.3) is 10.9 Å². The van der Waals surface area contributed by atoms with Crippen molar-refractivity contribution < 1.29 is 23.9 Å². The molecule has 0 bridgehead atoms. The minimum atomic E-state index is -1.39. The second kappa shape index (κ2) is 5.38. The van der Waals surface area contributed by atoms with Crippen LogP contribution in [0, 0.1) is 17.2 Å². The van der Waals surface area contributed by atoms with E-state index in [9.17, 15) is 28.7 Å². The molecule has 1 aromatic carbocycles. The van der Waals surface area contributed by atoms with Crippen molar-refractivity contribution in [2.75, 3.05) is 19.6 Å². The highest BCUT2D eigenvalue weighted by molar-refractivity contribution is 6.00. The molecule has 134 valence electrons. The number of nitrogens with one attached hydrogen (secondary N) is 2. The van der Waals surface area contributed by atoms with Crippen LogP contribution in [0.5, 0.6) is 0 Å². The van der Waals surface area contributed by atoms with Crippen molar-refractivity contribution in [1.29, 1.82) is 0 Å². The lowest BCUT2D eigenvalue weighted by molar-refractivity contribution is -0.149. The Bertz CT molecular complexity index is 1030. The molecule has 4 rings (SSSR count). The molecule has 0 spiro atoms. The van der Waals surface area contributed by atoms with E-state index in [-0.39, 0.29) is 30.6 Å². The number of fused-ring (bicyclic) bond motifs is 2. The van der Waals surface area contributed by atoms with E-state index in [4.69, 9.17) is 0 Å². The van der Waals surface area contributed by atoms with Crippen LogP contribution >= 0.6 is 0 Å². The summed E-state index contributed by atoms with van der Waals surface area (Å²) in [4.78, 5) is 53.0. The van der Waals surface area contributed by atoms with Crippen LogP contribution in [0.15, 0.2) is 29.2 Å². The molecule has 2 atom stereocenters. The number of carbonyl (C=O) groups is 3. The molecule has 3 N–H and O–H groups in total. The summed E-state index contributed by atoms with van der Waals surface area (Å²) in [6.07, 6.45) is 1.23. The number of aliphatic carboxylic acids is 1. The summed E-state index contributed by atoms with van der Waals surface area (Å²) < 4.78 is 13.4. The average Bonchev–Trinajstić information content (AvgIpc) is 3.14. The fraction of sp³-hybridized carbons (Fsp3) is 0.294. The number of carboxylic acids is 1. The van der Waals surface area contributed by atoms with E-state index in [1.165, 1.54) is 23.2 Å². The zero-order chi connectivity index (χ0) is 18.6. The van der Waals surface area contributed by atoms with Crippen molar-refractivity contribution in [1.82, 2.24) is 15.2 Å². The number of nitrogens with zero attached hydrogens (tertiary/aromatic N) is 1. The lowest BCUT2D eigenvalue weighted by Crippen LogP contribution is -2.41. The molecule has 0 unspecified atom stereocenters. The summed E-state index contributed by atoms with van der Waals surface area (Å²) >= 11 is 0. The fourth-order valence-electron chi connectivity index (χ4n) is 3.76. The molecular weight excluding hydrogens is 345 g/mol. The number of halogens is 1. The molecule has 2 aromatic rings. The average molecular weight is 359 g/mol. The Morgan fingerprint density at radius 1 is 1.31 bits per heavy atom. The lowest BCUT2D eigenvalue weighted by atomic mass is 9.81. The van der Waals surface area contributed by atoms with Gasteiger partial charge in [-0.2, -0.15) is 0 Å². The quantitative estimate of drug-likeness (QED) is 0.694. The molecule has 2 aliphatic rings. The van der Waals surface area contributed by atoms with Gasteiger partial charge < -0.3 is 20.3 Å². The smallest absolute Gasteiger partial charge is 0.314 e. The highest BCUT2D eigenvalue weighted by Gasteiger charge is 2.60. The van der Waals surface area contributed by atoms with Crippen LogP contribution in [-0.2, 0) is 9.59 Å². The maximum atomic E-state index is 13.4. The number of aromatic nitrogens is 1. The first-order valence-corrected chi connectivity index (χ1v) is 7.95. The molecule has 0 saturated carbocycles. The Hall–Kier alpha value is -3.23. The second-order valence-electron chi connectivity index (χ2n) is 6.64. The Balaban J connectivity index is 1.72. The minimum absolute atomic E-state index is 0.0286. The number of likely N-dealkylation sites (tertiary alicyclic amines) is 1. The fourth-order valence-corrected chi connectivity index (χ4v) is 3.76. The molecule has 3 heterocycles. The first-order chi connectivity index (χ1) is 12.3. The summed E-state index contributed by atoms with van der Waals surface area (Å²) in [5.41, 5.74) is -1.87. The third-order valence-corrected chi connectivity index (χ3v) is 5.22. The predicted molar refractivity (Wildman–Crippen MR) is 87.0 cm³/mol. The molecular formula is C17H14FN3O5. The highest BCUT2D eigenvalue weighted by Crippen LogP contribution is 2.40. The molecule has 0 radical (unpaired) electrons. The summed E-state index contributed by atoms with van der Waals surface area (Å²) in [5, 5.41) is 12.1. The number of carbonyl (C=O) groups excluding carboxylic acids is 2. The Morgan fingerprint density at radius 2 is 2.08 bits per heavy atom. The van der Waals surface area contributed by atoms with Crippen molar-refractivity contribution in [2.45, 2.75) is 0 Å². The monoisotopic (exact) mass is 359 g/mol. The third-order valence-electron chi connectivity index (χ3n) is 5.22. The van der Waals surface area contributed by atoms with Crippen LogP contribution in [0.1, 0.15) is 10.4 Å². The summed E-state index contributed by atoms with van der Waals surface area (Å²) in [6, 6.07) is 3.62. The largest absolute Gasteiger partial charge is 0.481 e. The van der Waals surface area contributed by atoms with E-state index in [2.05, 4.69) is 10.3 Å². The van der Waals surface area contributed by atoms with E-state index >= 15 is 0 Å². The summed E-state index contributed by atoms with van der Waals surface area (Å²) in [6.45, 7) is -0.322. The van der Waals surface area contributed by atoms with Gasteiger partial charge in [0.15, 0.2) is 0 Å². The number of pyridine rings is 1. The van der Waals surface area contributed by atoms with Gasteiger partial charge in [-0.25, -0.2) is 4.39 Å². The van der Waals surface area contributed by atoms with Crippen LogP contribution in [0.2, 0.25) is 0 Å². The second-order valence-corrected chi connectivity index (χ2v) is 6.64. The number of benzene rings is 1. The van der Waals surface area contributed by atoms with Gasteiger partial charge in [0.2, 0.25) is 11.3 Å². The molecule has 1 aromatic heterocycles. The van der Waals surface area contributed by atoms with E-state index in [1.807, 2.05) is 0 Å². The normalized spacial score (nSPS) is 24.6. The molecule has 2 aliphatic heterocycles. The third kappa shape index (κ3) is 2.13. The Morgan fingerprint density at radius 3 is 2.77 bits per heavy atom. The highest BCUT2D eigenvalue weighted by atomic mass is 19.1. The van der Waals surface area contributed by atoms with Gasteiger partial charge in [-0.3, -0.25) is 19.2 Å². The number of amides is 2. The van der Waals surface area contributed by atoms with Gasteiger partial charge >= 0.3 is 5.97 Å². The van der Waals surface area contributed by atoms with Gasteiger partial charge in [0.05, 0.1) is 5.92 Å². The van der Waals surface area contributed by atoms with Crippen molar-refractivity contribution in [3.63, 3.8) is 0 Å². The predicted octanol–water partition coefficient (Wildman–Crippen LogP) is -0.0600. The first kappa shape index (κ1) is 16.2. The number of H-pyrrole nitrogens is 1. The van der Waals surface area contributed by atoms with Crippen molar-refractivity contribution >= 4 is 28.7 Å². The van der Waals surface area contributed by atoms with Crippen LogP contribution in [-0.4, -0.2) is 52.4 Å². The van der Waals surface area contributed by atoms with Crippen molar-refractivity contribution in [3.8, 4) is 0 Å². The molecule has 9 heteroatoms. The van der Waals surface area contributed by atoms with Crippen molar-refractivity contribution in [3.05, 3.63) is 46.0 Å². The SMILES string of the molecule is O=C1NC[C@@]2(C(=O)O)CN(C(=O)c3c[nH]c4ccc(F)cc4c3=O)C[C@@H]12. The van der Waals surface area contributed by atoms with Gasteiger partial charge in [0.25, 0.3) is 5.91 Å². The van der Waals surface area contributed by atoms with Gasteiger partial charge in [-0.05, 0) is 18.2 Å². The zero-order valence-electron chi connectivity index (χ0n) is 13.4.